The van der Waals surface area contributed by atoms with Gasteiger partial charge < -0.3 is 24.9 Å². The summed E-state index contributed by atoms with van der Waals surface area (Å²) in [6.45, 7) is -0.315. The largest absolute Gasteiger partial charge is 0.497 e. The second-order valence-corrected chi connectivity index (χ2v) is 10.7. The SMILES string of the molecule is COc1cc(NC(C(=O)c2c[nH]c3cc(F)c(F)cc23)c2ccc(F)cc2OC)cc(S(=O)(=O)CCCO)c1. The summed E-state index contributed by atoms with van der Waals surface area (Å²) in [5.41, 5.74) is 0.555. The number of hydrogen-bond donors (Lipinski definition) is 3. The molecule has 0 spiro atoms. The number of Topliss-reactive ketones (excluding diaryl/α,β-unsaturated/α-hetero) is 1. The Morgan fingerprint density at radius 1 is 1.03 bits per heavy atom. The Kier molecular flexibility index (Phi) is 8.17. The molecule has 4 rings (SSSR count). The summed E-state index contributed by atoms with van der Waals surface area (Å²) in [6, 6.07) is 8.15. The van der Waals surface area contributed by atoms with Gasteiger partial charge in [-0.3, -0.25) is 4.79 Å². The van der Waals surface area contributed by atoms with Crippen LogP contribution in [0.3, 0.4) is 0 Å². The third-order valence-corrected chi connectivity index (χ3v) is 7.89. The van der Waals surface area contributed by atoms with Crippen molar-refractivity contribution >= 4 is 32.2 Å². The van der Waals surface area contributed by atoms with Gasteiger partial charge in [-0.05, 0) is 36.8 Å². The minimum atomic E-state index is -3.82. The molecule has 1 heterocycles. The van der Waals surface area contributed by atoms with E-state index in [9.17, 15) is 26.4 Å². The number of anilines is 1. The van der Waals surface area contributed by atoms with E-state index in [0.29, 0.717) is 0 Å². The molecule has 0 bridgehead atoms. The van der Waals surface area contributed by atoms with E-state index in [2.05, 4.69) is 10.3 Å². The lowest BCUT2D eigenvalue weighted by Crippen LogP contribution is -2.22. The van der Waals surface area contributed by atoms with Gasteiger partial charge in [0.2, 0.25) is 0 Å². The number of carbonyl (C=O) groups excluding carboxylic acids is 1. The predicted octanol–water partition coefficient (Wildman–Crippen LogP) is 4.79. The van der Waals surface area contributed by atoms with E-state index in [1.807, 2.05) is 0 Å². The van der Waals surface area contributed by atoms with Gasteiger partial charge in [0.05, 0.1) is 24.9 Å². The molecule has 3 N–H and O–H groups in total. The van der Waals surface area contributed by atoms with Crippen LogP contribution in [0, 0.1) is 17.5 Å². The Hall–Kier alpha value is -4.03. The standard InChI is InChI=1S/C27H25F3N2O6S/c1-37-17-9-16(10-18(11-17)39(35,36)7-3-6-33)32-26(19-5-4-15(28)8-25(19)38-2)27(34)21-14-31-24-13-23(30)22(29)12-20(21)24/h4-5,8-14,26,31-33H,3,6-7H2,1-2H3. The van der Waals surface area contributed by atoms with Gasteiger partial charge in [0.1, 0.15) is 23.4 Å². The highest BCUT2D eigenvalue weighted by molar-refractivity contribution is 7.91. The second-order valence-electron chi connectivity index (χ2n) is 8.64. The van der Waals surface area contributed by atoms with Gasteiger partial charge in [0.25, 0.3) is 0 Å². The highest BCUT2D eigenvalue weighted by Crippen LogP contribution is 2.35. The first-order valence-electron chi connectivity index (χ1n) is 11.7. The summed E-state index contributed by atoms with van der Waals surface area (Å²) in [7, 11) is -1.18. The Balaban J connectivity index is 1.85. The van der Waals surface area contributed by atoms with E-state index in [1.54, 1.807) is 0 Å². The van der Waals surface area contributed by atoms with E-state index in [1.165, 1.54) is 44.7 Å². The van der Waals surface area contributed by atoms with Crippen LogP contribution in [0.5, 0.6) is 11.5 Å². The average Bonchev–Trinajstić information content (AvgIpc) is 3.32. The van der Waals surface area contributed by atoms with Crippen LogP contribution in [-0.2, 0) is 9.84 Å². The highest BCUT2D eigenvalue weighted by atomic mass is 32.2. The fraction of sp³-hybridized carbons (Fsp3) is 0.222. The molecule has 0 aliphatic carbocycles. The van der Waals surface area contributed by atoms with E-state index in [-0.39, 0.29) is 62.9 Å². The molecule has 39 heavy (non-hydrogen) atoms. The molecule has 0 fully saturated rings. The zero-order valence-electron chi connectivity index (χ0n) is 20.9. The van der Waals surface area contributed by atoms with Crippen LogP contribution in [0.4, 0.5) is 18.9 Å². The average molecular weight is 563 g/mol. The van der Waals surface area contributed by atoms with Crippen LogP contribution in [0.2, 0.25) is 0 Å². The quantitative estimate of drug-likeness (QED) is 0.225. The van der Waals surface area contributed by atoms with Gasteiger partial charge in [-0.25, -0.2) is 21.6 Å². The van der Waals surface area contributed by atoms with E-state index < -0.39 is 39.1 Å². The minimum absolute atomic E-state index is 0.00599. The van der Waals surface area contributed by atoms with Crippen LogP contribution in [0.1, 0.15) is 28.4 Å². The fourth-order valence-electron chi connectivity index (χ4n) is 4.18. The van der Waals surface area contributed by atoms with Crippen molar-refractivity contribution in [3.8, 4) is 11.5 Å². The number of rotatable bonds is 11. The first-order valence-corrected chi connectivity index (χ1v) is 13.4. The van der Waals surface area contributed by atoms with Crippen LogP contribution >= 0.6 is 0 Å². The first-order chi connectivity index (χ1) is 18.6. The van der Waals surface area contributed by atoms with E-state index in [0.717, 1.165) is 24.3 Å². The molecular formula is C27H25F3N2O6S. The summed E-state index contributed by atoms with van der Waals surface area (Å²) in [4.78, 5) is 16.6. The Morgan fingerprint density at radius 2 is 1.77 bits per heavy atom. The van der Waals surface area contributed by atoms with Gasteiger partial charge in [-0.15, -0.1) is 0 Å². The van der Waals surface area contributed by atoms with Crippen molar-refractivity contribution in [2.24, 2.45) is 0 Å². The zero-order chi connectivity index (χ0) is 28.3. The van der Waals surface area contributed by atoms with E-state index >= 15 is 0 Å². The topological polar surface area (TPSA) is 118 Å². The minimum Gasteiger partial charge on any atom is -0.497 e. The van der Waals surface area contributed by atoms with Crippen molar-refractivity contribution in [1.82, 2.24) is 4.98 Å². The molecule has 0 saturated heterocycles. The number of sulfone groups is 1. The number of methoxy groups -OCH3 is 2. The van der Waals surface area contributed by atoms with Crippen molar-refractivity contribution in [2.45, 2.75) is 17.4 Å². The molecule has 3 aromatic carbocycles. The lowest BCUT2D eigenvalue weighted by Gasteiger charge is -2.22. The maximum absolute atomic E-state index is 14.1. The smallest absolute Gasteiger partial charge is 0.191 e. The maximum Gasteiger partial charge on any atom is 0.191 e. The van der Waals surface area contributed by atoms with Gasteiger partial charge in [0, 0.05) is 58.7 Å². The first kappa shape index (κ1) is 28.0. The summed E-state index contributed by atoms with van der Waals surface area (Å²) in [5.74, 6) is -3.60. The number of benzene rings is 3. The number of nitrogens with one attached hydrogen (secondary N) is 2. The molecule has 8 nitrogen and oxygen atoms in total. The number of halogens is 3. The molecule has 0 aliphatic heterocycles. The molecule has 1 atom stereocenters. The van der Waals surface area contributed by atoms with Gasteiger partial charge in [-0.2, -0.15) is 0 Å². The number of aromatic nitrogens is 1. The molecule has 0 aliphatic rings. The molecule has 12 heteroatoms. The lowest BCUT2D eigenvalue weighted by atomic mass is 9.95. The van der Waals surface area contributed by atoms with Crippen LogP contribution < -0.4 is 14.8 Å². The molecular weight excluding hydrogens is 537 g/mol. The van der Waals surface area contributed by atoms with Crippen molar-refractivity contribution in [2.75, 3.05) is 31.9 Å². The zero-order valence-corrected chi connectivity index (χ0v) is 21.7. The number of hydrogen-bond acceptors (Lipinski definition) is 7. The van der Waals surface area contributed by atoms with Crippen LogP contribution in [0.15, 0.2) is 59.6 Å². The number of aromatic amines is 1. The summed E-state index contributed by atoms with van der Waals surface area (Å²) >= 11 is 0. The Labute approximate surface area is 222 Å². The number of H-pyrrole nitrogens is 1. The van der Waals surface area contributed by atoms with Crippen LogP contribution in [0.25, 0.3) is 10.9 Å². The third-order valence-electron chi connectivity index (χ3n) is 6.11. The third kappa shape index (κ3) is 5.86. The number of carbonyl (C=O) groups is 1. The normalized spacial score (nSPS) is 12.4. The van der Waals surface area contributed by atoms with E-state index in [4.69, 9.17) is 14.6 Å². The fourth-order valence-corrected chi connectivity index (χ4v) is 5.52. The molecule has 4 aromatic rings. The monoisotopic (exact) mass is 562 g/mol. The second kappa shape index (κ2) is 11.4. The van der Waals surface area contributed by atoms with Gasteiger partial charge in [0.15, 0.2) is 27.3 Å². The van der Waals surface area contributed by atoms with Crippen molar-refractivity contribution < 1.29 is 41.0 Å². The Bertz CT molecular complexity index is 1640. The molecule has 1 aromatic heterocycles. The van der Waals surface area contributed by atoms with Crippen molar-refractivity contribution in [1.29, 1.82) is 0 Å². The molecule has 1 unspecified atom stereocenters. The number of aliphatic hydroxyl groups is 1. The number of ether oxygens (including phenoxy) is 2. The maximum atomic E-state index is 14.1. The predicted molar refractivity (Wildman–Crippen MR) is 139 cm³/mol. The molecule has 206 valence electrons. The number of ketones is 1. The van der Waals surface area contributed by atoms with Crippen molar-refractivity contribution in [3.63, 3.8) is 0 Å². The number of fused-ring (bicyclic) bond motifs is 1. The molecule has 0 saturated carbocycles. The number of aliphatic hydroxyl groups excluding tert-OH is 1. The Morgan fingerprint density at radius 3 is 2.46 bits per heavy atom. The van der Waals surface area contributed by atoms with Crippen LogP contribution in [-0.4, -0.2) is 50.9 Å². The lowest BCUT2D eigenvalue weighted by molar-refractivity contribution is 0.0970. The summed E-state index contributed by atoms with van der Waals surface area (Å²) in [5, 5.41) is 12.2. The summed E-state index contributed by atoms with van der Waals surface area (Å²) in [6.07, 6.45) is 1.32. The molecule has 0 amide bonds. The molecule has 0 radical (unpaired) electrons. The summed E-state index contributed by atoms with van der Waals surface area (Å²) < 4.78 is 78.1. The highest BCUT2D eigenvalue weighted by Gasteiger charge is 2.29. The van der Waals surface area contributed by atoms with Gasteiger partial charge in [-0.1, -0.05) is 0 Å². The van der Waals surface area contributed by atoms with Gasteiger partial charge >= 0.3 is 0 Å². The van der Waals surface area contributed by atoms with Crippen molar-refractivity contribution in [3.05, 3.63) is 83.3 Å².